The molecule has 3 N–H and O–H groups in total. The zero-order valence-corrected chi connectivity index (χ0v) is 11.0. The second-order valence-electron chi connectivity index (χ2n) is 4.78. The summed E-state index contributed by atoms with van der Waals surface area (Å²) in [5, 5.41) is 21.0. The average Bonchev–Trinajstić information content (AvgIpc) is 2.42. The average molecular weight is 279 g/mol. The molecule has 0 saturated carbocycles. The molecule has 1 unspecified atom stereocenters. The molecule has 0 radical (unpaired) electrons. The Bertz CT molecular complexity index is 508. The fourth-order valence-corrected chi connectivity index (χ4v) is 2.15. The monoisotopic (exact) mass is 279 g/mol. The Morgan fingerprint density at radius 1 is 1.35 bits per heavy atom. The van der Waals surface area contributed by atoms with E-state index in [2.05, 4.69) is 5.32 Å². The van der Waals surface area contributed by atoms with Gasteiger partial charge in [-0.05, 0) is 37.5 Å². The van der Waals surface area contributed by atoms with E-state index in [1.807, 2.05) is 0 Å². The summed E-state index contributed by atoms with van der Waals surface area (Å²) < 4.78 is 5.47. The number of aromatic hydroxyl groups is 1. The van der Waals surface area contributed by atoms with Gasteiger partial charge in [-0.25, -0.2) is 4.79 Å². The first-order valence-electron chi connectivity index (χ1n) is 6.54. The van der Waals surface area contributed by atoms with E-state index >= 15 is 0 Å². The van der Waals surface area contributed by atoms with Crippen molar-refractivity contribution in [3.8, 4) is 5.75 Å². The minimum Gasteiger partial charge on any atom is -0.506 e. The molecule has 1 fully saturated rings. The van der Waals surface area contributed by atoms with Gasteiger partial charge in [0.05, 0.1) is 23.8 Å². The molecule has 1 aromatic carbocycles. The van der Waals surface area contributed by atoms with E-state index in [1.165, 1.54) is 12.1 Å². The number of phenolic OH excluding ortho intramolecular Hbond substituents is 1. The maximum atomic E-state index is 11.8. The van der Waals surface area contributed by atoms with Crippen LogP contribution in [0.3, 0.4) is 0 Å². The predicted molar refractivity (Wildman–Crippen MR) is 71.9 cm³/mol. The molecule has 1 aromatic rings. The highest BCUT2D eigenvalue weighted by Crippen LogP contribution is 2.25. The third-order valence-electron chi connectivity index (χ3n) is 3.21. The van der Waals surface area contributed by atoms with E-state index in [1.54, 1.807) is 0 Å². The summed E-state index contributed by atoms with van der Waals surface area (Å²) >= 11 is 0. The molecule has 1 aliphatic heterocycles. The van der Waals surface area contributed by atoms with Gasteiger partial charge < -0.3 is 20.3 Å². The van der Waals surface area contributed by atoms with Crippen molar-refractivity contribution in [3.63, 3.8) is 0 Å². The molecular weight excluding hydrogens is 262 g/mol. The maximum absolute atomic E-state index is 11.8. The van der Waals surface area contributed by atoms with Crippen LogP contribution in [0, 0.1) is 0 Å². The first-order chi connectivity index (χ1) is 9.56. The van der Waals surface area contributed by atoms with E-state index in [4.69, 9.17) is 9.84 Å². The number of carbonyl (C=O) groups is 2. The number of carboxylic acid groups (broad SMARTS) is 1. The van der Waals surface area contributed by atoms with Crippen molar-refractivity contribution in [1.29, 1.82) is 0 Å². The van der Waals surface area contributed by atoms with Crippen LogP contribution in [0.25, 0.3) is 0 Å². The maximum Gasteiger partial charge on any atom is 0.335 e. The lowest BCUT2D eigenvalue weighted by molar-refractivity contribution is -0.119. The van der Waals surface area contributed by atoms with Gasteiger partial charge in [0.1, 0.15) is 5.75 Å². The fourth-order valence-electron chi connectivity index (χ4n) is 2.15. The van der Waals surface area contributed by atoms with E-state index in [9.17, 15) is 14.7 Å². The second kappa shape index (κ2) is 6.38. The van der Waals surface area contributed by atoms with Gasteiger partial charge in [-0.1, -0.05) is 0 Å². The Kier molecular flexibility index (Phi) is 4.57. The zero-order valence-electron chi connectivity index (χ0n) is 11.0. The van der Waals surface area contributed by atoms with Crippen molar-refractivity contribution in [2.24, 2.45) is 0 Å². The van der Waals surface area contributed by atoms with Gasteiger partial charge in [-0.15, -0.1) is 0 Å². The molecule has 2 rings (SSSR count). The van der Waals surface area contributed by atoms with Crippen LogP contribution in [-0.4, -0.2) is 34.8 Å². The summed E-state index contributed by atoms with van der Waals surface area (Å²) in [6, 6.07) is 3.81. The number of rotatable bonds is 4. The zero-order chi connectivity index (χ0) is 14.5. The second-order valence-corrected chi connectivity index (χ2v) is 4.78. The molecule has 108 valence electrons. The Morgan fingerprint density at radius 2 is 2.15 bits per heavy atom. The van der Waals surface area contributed by atoms with E-state index in [-0.39, 0.29) is 35.4 Å². The predicted octanol–water partition coefficient (Wildman–Crippen LogP) is 1.99. The number of carbonyl (C=O) groups excluding carboxylic acids is 1. The molecule has 0 aromatic heterocycles. The number of carboxylic acids is 1. The lowest BCUT2D eigenvalue weighted by Crippen LogP contribution is -2.25. The molecule has 1 amide bonds. The molecule has 1 heterocycles. The number of ether oxygens (including phenoxy) is 1. The van der Waals surface area contributed by atoms with Crippen LogP contribution in [0.2, 0.25) is 0 Å². The van der Waals surface area contributed by atoms with Gasteiger partial charge in [0.2, 0.25) is 5.91 Å². The van der Waals surface area contributed by atoms with E-state index in [0.29, 0.717) is 6.61 Å². The molecule has 0 aliphatic carbocycles. The van der Waals surface area contributed by atoms with Gasteiger partial charge in [-0.2, -0.15) is 0 Å². The topological polar surface area (TPSA) is 95.9 Å². The smallest absolute Gasteiger partial charge is 0.335 e. The molecule has 1 atom stereocenters. The summed E-state index contributed by atoms with van der Waals surface area (Å²) in [6.07, 6.45) is 3.09. The third kappa shape index (κ3) is 3.71. The highest BCUT2D eigenvalue weighted by atomic mass is 16.5. The summed E-state index contributed by atoms with van der Waals surface area (Å²) in [7, 11) is 0. The van der Waals surface area contributed by atoms with Gasteiger partial charge in [0.15, 0.2) is 0 Å². The highest BCUT2D eigenvalue weighted by Gasteiger charge is 2.18. The number of benzene rings is 1. The fraction of sp³-hybridized carbons (Fsp3) is 0.429. The SMILES string of the molecule is O=C(CC1CCCCO1)Nc1ccc(C(=O)O)cc1O. The number of hydrogen-bond acceptors (Lipinski definition) is 4. The Labute approximate surface area is 116 Å². The lowest BCUT2D eigenvalue weighted by Gasteiger charge is -2.22. The van der Waals surface area contributed by atoms with Crippen molar-refractivity contribution in [2.75, 3.05) is 11.9 Å². The molecule has 6 heteroatoms. The van der Waals surface area contributed by atoms with Crippen LogP contribution in [0.5, 0.6) is 5.75 Å². The minimum absolute atomic E-state index is 0.0314. The Morgan fingerprint density at radius 3 is 2.75 bits per heavy atom. The van der Waals surface area contributed by atoms with E-state index in [0.717, 1.165) is 25.3 Å². The highest BCUT2D eigenvalue weighted by molar-refractivity contribution is 5.94. The van der Waals surface area contributed by atoms with Gasteiger partial charge >= 0.3 is 5.97 Å². The summed E-state index contributed by atoms with van der Waals surface area (Å²) in [6.45, 7) is 0.677. The first kappa shape index (κ1) is 14.3. The summed E-state index contributed by atoms with van der Waals surface area (Å²) in [5.41, 5.74) is 0.173. The normalized spacial score (nSPS) is 18.5. The summed E-state index contributed by atoms with van der Waals surface area (Å²) in [4.78, 5) is 22.6. The van der Waals surface area contributed by atoms with Gasteiger partial charge in [0, 0.05) is 6.61 Å². The standard InChI is InChI=1S/C14H17NO5/c16-12-7-9(14(18)19)4-5-11(12)15-13(17)8-10-3-1-2-6-20-10/h4-5,7,10,16H,1-3,6,8H2,(H,15,17)(H,18,19). The van der Waals surface area contributed by atoms with Crippen molar-refractivity contribution < 1.29 is 24.5 Å². The number of phenols is 1. The largest absolute Gasteiger partial charge is 0.506 e. The van der Waals surface area contributed by atoms with Crippen LogP contribution in [0.4, 0.5) is 5.69 Å². The van der Waals surface area contributed by atoms with Crippen LogP contribution in [0.15, 0.2) is 18.2 Å². The van der Waals surface area contributed by atoms with E-state index < -0.39 is 5.97 Å². The lowest BCUT2D eigenvalue weighted by atomic mass is 10.1. The van der Waals surface area contributed by atoms with Gasteiger partial charge in [-0.3, -0.25) is 4.79 Å². The molecule has 6 nitrogen and oxygen atoms in total. The minimum atomic E-state index is -1.13. The first-order valence-corrected chi connectivity index (χ1v) is 6.54. The molecule has 20 heavy (non-hydrogen) atoms. The van der Waals surface area contributed by atoms with Crippen molar-refractivity contribution in [2.45, 2.75) is 31.8 Å². The molecule has 0 bridgehead atoms. The Balaban J connectivity index is 1.95. The quantitative estimate of drug-likeness (QED) is 0.732. The third-order valence-corrected chi connectivity index (χ3v) is 3.21. The van der Waals surface area contributed by atoms with Crippen LogP contribution >= 0.6 is 0 Å². The summed E-state index contributed by atoms with van der Waals surface area (Å²) in [5.74, 6) is -1.65. The Hall–Kier alpha value is -2.08. The number of amides is 1. The van der Waals surface area contributed by atoms with Crippen molar-refractivity contribution in [3.05, 3.63) is 23.8 Å². The van der Waals surface area contributed by atoms with Crippen LogP contribution in [-0.2, 0) is 9.53 Å². The van der Waals surface area contributed by atoms with Crippen molar-refractivity contribution in [1.82, 2.24) is 0 Å². The van der Waals surface area contributed by atoms with Crippen molar-refractivity contribution >= 4 is 17.6 Å². The molecular formula is C14H17NO5. The molecule has 1 aliphatic rings. The van der Waals surface area contributed by atoms with Gasteiger partial charge in [0.25, 0.3) is 0 Å². The number of aromatic carboxylic acids is 1. The van der Waals surface area contributed by atoms with Crippen LogP contribution in [0.1, 0.15) is 36.0 Å². The molecule has 0 spiro atoms. The number of anilines is 1. The van der Waals surface area contributed by atoms with Crippen LogP contribution < -0.4 is 5.32 Å². The molecule has 1 saturated heterocycles. The number of hydrogen-bond donors (Lipinski definition) is 3. The number of nitrogens with one attached hydrogen (secondary N) is 1.